The normalized spacial score (nSPS) is 24.5. The van der Waals surface area contributed by atoms with Gasteiger partial charge in [0.15, 0.2) is 5.82 Å². The van der Waals surface area contributed by atoms with E-state index in [1.807, 2.05) is 6.92 Å². The van der Waals surface area contributed by atoms with Crippen LogP contribution in [0.15, 0.2) is 4.52 Å². The van der Waals surface area contributed by atoms with Crippen LogP contribution in [0.4, 0.5) is 0 Å². The molecule has 0 amide bonds. The Labute approximate surface area is 127 Å². The number of hydrogen-bond donors (Lipinski definition) is 0. The molecule has 0 saturated heterocycles. The van der Waals surface area contributed by atoms with Crippen LogP contribution in [-0.2, 0) is 6.42 Å². The summed E-state index contributed by atoms with van der Waals surface area (Å²) >= 11 is 0. The van der Waals surface area contributed by atoms with Crippen molar-refractivity contribution in [2.24, 2.45) is 17.3 Å². The summed E-state index contributed by atoms with van der Waals surface area (Å²) in [6, 6.07) is 2.19. The van der Waals surface area contributed by atoms with E-state index in [1.54, 1.807) is 0 Å². The zero-order chi connectivity index (χ0) is 15.5. The fraction of sp³-hybridized carbons (Fsp3) is 0.824. The smallest absolute Gasteiger partial charge is 0.226 e. The average molecular weight is 289 g/mol. The van der Waals surface area contributed by atoms with Crippen LogP contribution in [0.1, 0.15) is 77.4 Å². The maximum absolute atomic E-state index is 8.70. The Kier molecular flexibility index (Phi) is 5.03. The molecule has 0 radical (unpaired) electrons. The monoisotopic (exact) mass is 289 g/mol. The lowest BCUT2D eigenvalue weighted by Crippen LogP contribution is -2.25. The molecule has 1 saturated carbocycles. The summed E-state index contributed by atoms with van der Waals surface area (Å²) < 4.78 is 5.36. The summed E-state index contributed by atoms with van der Waals surface area (Å²) in [5.74, 6) is 3.09. The molecule has 1 heterocycles. The van der Waals surface area contributed by atoms with Gasteiger partial charge in [-0.2, -0.15) is 10.2 Å². The Morgan fingerprint density at radius 3 is 2.52 bits per heavy atom. The third-order valence-corrected chi connectivity index (χ3v) is 4.76. The highest BCUT2D eigenvalue weighted by Gasteiger charge is 2.32. The molecule has 0 N–H and O–H groups in total. The van der Waals surface area contributed by atoms with Crippen molar-refractivity contribution in [1.82, 2.24) is 10.1 Å². The van der Waals surface area contributed by atoms with E-state index in [-0.39, 0.29) is 5.92 Å². The summed E-state index contributed by atoms with van der Waals surface area (Å²) in [5, 5.41) is 12.9. The number of aromatic nitrogens is 2. The summed E-state index contributed by atoms with van der Waals surface area (Å²) in [6.07, 6.45) is 6.07. The second-order valence-electron chi connectivity index (χ2n) is 7.63. The summed E-state index contributed by atoms with van der Waals surface area (Å²) in [6.45, 7) is 9.05. The van der Waals surface area contributed by atoms with Crippen LogP contribution in [-0.4, -0.2) is 10.1 Å². The minimum atomic E-state index is 0.278. The standard InChI is InChI=1S/C17H27N3O/c1-12(9-10-18)11-15-19-16(20-21-15)13-5-7-14(8-6-13)17(2,3)4/h12-14H,5-9,11H2,1-4H3. The van der Waals surface area contributed by atoms with Gasteiger partial charge in [0.25, 0.3) is 0 Å². The van der Waals surface area contributed by atoms with Gasteiger partial charge in [-0.15, -0.1) is 0 Å². The largest absolute Gasteiger partial charge is 0.339 e. The van der Waals surface area contributed by atoms with Crippen LogP contribution in [0.25, 0.3) is 0 Å². The zero-order valence-corrected chi connectivity index (χ0v) is 13.7. The zero-order valence-electron chi connectivity index (χ0n) is 13.7. The molecule has 1 aromatic rings. The molecular weight excluding hydrogens is 262 g/mol. The van der Waals surface area contributed by atoms with Gasteiger partial charge in [-0.3, -0.25) is 0 Å². The van der Waals surface area contributed by atoms with Crippen LogP contribution in [0.5, 0.6) is 0 Å². The molecule has 0 aliphatic heterocycles. The van der Waals surface area contributed by atoms with E-state index in [4.69, 9.17) is 9.78 Å². The second-order valence-corrected chi connectivity index (χ2v) is 7.63. The van der Waals surface area contributed by atoms with Crippen LogP contribution >= 0.6 is 0 Å². The van der Waals surface area contributed by atoms with E-state index in [0.717, 1.165) is 24.6 Å². The van der Waals surface area contributed by atoms with Gasteiger partial charge in [-0.05, 0) is 42.9 Å². The van der Waals surface area contributed by atoms with Crippen LogP contribution in [0.3, 0.4) is 0 Å². The van der Waals surface area contributed by atoms with Crippen molar-refractivity contribution in [3.8, 4) is 6.07 Å². The van der Waals surface area contributed by atoms with Crippen molar-refractivity contribution in [2.45, 2.75) is 72.1 Å². The van der Waals surface area contributed by atoms with E-state index >= 15 is 0 Å². The third kappa shape index (κ3) is 4.30. The van der Waals surface area contributed by atoms with Crippen molar-refractivity contribution >= 4 is 0 Å². The maximum atomic E-state index is 8.70. The lowest BCUT2D eigenvalue weighted by Gasteiger charge is -2.36. The van der Waals surface area contributed by atoms with Crippen molar-refractivity contribution in [1.29, 1.82) is 5.26 Å². The summed E-state index contributed by atoms with van der Waals surface area (Å²) in [4.78, 5) is 4.56. The molecule has 1 aromatic heterocycles. The van der Waals surface area contributed by atoms with Crippen molar-refractivity contribution in [3.63, 3.8) is 0 Å². The van der Waals surface area contributed by atoms with E-state index in [2.05, 4.69) is 37.0 Å². The van der Waals surface area contributed by atoms with E-state index < -0.39 is 0 Å². The Balaban J connectivity index is 1.90. The fourth-order valence-electron chi connectivity index (χ4n) is 3.26. The fourth-order valence-corrected chi connectivity index (χ4v) is 3.26. The highest BCUT2D eigenvalue weighted by atomic mass is 16.5. The molecule has 0 spiro atoms. The van der Waals surface area contributed by atoms with E-state index in [9.17, 15) is 0 Å². The Morgan fingerprint density at radius 1 is 1.29 bits per heavy atom. The van der Waals surface area contributed by atoms with Gasteiger partial charge in [0.05, 0.1) is 6.07 Å². The summed E-state index contributed by atoms with van der Waals surface area (Å²) in [7, 11) is 0. The first-order valence-corrected chi connectivity index (χ1v) is 8.09. The third-order valence-electron chi connectivity index (χ3n) is 4.76. The Hall–Kier alpha value is -1.37. The molecule has 4 nitrogen and oxygen atoms in total. The van der Waals surface area contributed by atoms with Gasteiger partial charge in [0, 0.05) is 18.8 Å². The average Bonchev–Trinajstić information content (AvgIpc) is 2.86. The molecule has 1 aliphatic rings. The number of nitriles is 1. The van der Waals surface area contributed by atoms with Crippen LogP contribution < -0.4 is 0 Å². The Morgan fingerprint density at radius 2 is 1.95 bits per heavy atom. The predicted molar refractivity (Wildman–Crippen MR) is 81.6 cm³/mol. The molecule has 116 valence electrons. The lowest BCUT2D eigenvalue weighted by atomic mass is 9.70. The molecule has 1 unspecified atom stereocenters. The second kappa shape index (κ2) is 6.60. The van der Waals surface area contributed by atoms with Gasteiger partial charge < -0.3 is 4.52 Å². The van der Waals surface area contributed by atoms with Crippen LogP contribution in [0, 0.1) is 28.6 Å². The van der Waals surface area contributed by atoms with Gasteiger partial charge in [-0.25, -0.2) is 0 Å². The highest BCUT2D eigenvalue weighted by molar-refractivity contribution is 4.99. The topological polar surface area (TPSA) is 62.7 Å². The molecule has 1 aliphatic carbocycles. The molecular formula is C17H27N3O. The quantitative estimate of drug-likeness (QED) is 0.819. The SMILES string of the molecule is CC(CC#N)Cc1nc(C2CCC(C(C)(C)C)CC2)no1. The first-order valence-electron chi connectivity index (χ1n) is 8.09. The number of nitrogens with zero attached hydrogens (tertiary/aromatic N) is 3. The van der Waals surface area contributed by atoms with Crippen molar-refractivity contribution in [2.75, 3.05) is 0 Å². The maximum Gasteiger partial charge on any atom is 0.226 e. The number of rotatable bonds is 4. The molecule has 4 heteroatoms. The van der Waals surface area contributed by atoms with Gasteiger partial charge >= 0.3 is 0 Å². The molecule has 21 heavy (non-hydrogen) atoms. The summed E-state index contributed by atoms with van der Waals surface area (Å²) in [5.41, 5.74) is 0.403. The molecule has 1 atom stereocenters. The van der Waals surface area contributed by atoms with Crippen molar-refractivity contribution < 1.29 is 4.52 Å². The predicted octanol–water partition coefficient (Wildman–Crippen LogP) is 4.48. The number of hydrogen-bond acceptors (Lipinski definition) is 4. The van der Waals surface area contributed by atoms with Gasteiger partial charge in [0.2, 0.25) is 5.89 Å². The first-order chi connectivity index (χ1) is 9.90. The van der Waals surface area contributed by atoms with Gasteiger partial charge in [-0.1, -0.05) is 32.9 Å². The van der Waals surface area contributed by atoms with Crippen LogP contribution in [0.2, 0.25) is 0 Å². The highest BCUT2D eigenvalue weighted by Crippen LogP contribution is 2.42. The minimum absolute atomic E-state index is 0.278. The first kappa shape index (κ1) is 16.0. The minimum Gasteiger partial charge on any atom is -0.339 e. The molecule has 0 aromatic carbocycles. The Bertz CT molecular complexity index is 487. The lowest BCUT2D eigenvalue weighted by molar-refractivity contribution is 0.166. The molecule has 0 bridgehead atoms. The van der Waals surface area contributed by atoms with E-state index in [0.29, 0.717) is 30.1 Å². The van der Waals surface area contributed by atoms with E-state index in [1.165, 1.54) is 12.8 Å². The molecule has 2 rings (SSSR count). The van der Waals surface area contributed by atoms with Gasteiger partial charge in [0.1, 0.15) is 0 Å². The molecule has 1 fully saturated rings. The van der Waals surface area contributed by atoms with Crippen molar-refractivity contribution in [3.05, 3.63) is 11.7 Å².